The second kappa shape index (κ2) is 6.88. The van der Waals surface area contributed by atoms with Crippen LogP contribution >= 0.6 is 22.9 Å². The number of halogens is 2. The third kappa shape index (κ3) is 3.05. The molecule has 0 spiro atoms. The molecule has 4 aromatic rings. The average Bonchev–Trinajstić information content (AvgIpc) is 3.33. The van der Waals surface area contributed by atoms with Crippen LogP contribution in [0.2, 0.25) is 5.02 Å². The van der Waals surface area contributed by atoms with Gasteiger partial charge in [0, 0.05) is 40.2 Å². The molecule has 0 unspecified atom stereocenters. The van der Waals surface area contributed by atoms with Gasteiger partial charge >= 0.3 is 0 Å². The van der Waals surface area contributed by atoms with Crippen LogP contribution < -0.4 is 0 Å². The molecule has 1 aliphatic rings. The van der Waals surface area contributed by atoms with Crippen LogP contribution in [0.5, 0.6) is 0 Å². The number of aliphatic hydroxyl groups is 2. The van der Waals surface area contributed by atoms with Crippen molar-refractivity contribution in [3.8, 4) is 21.7 Å². The van der Waals surface area contributed by atoms with Crippen molar-refractivity contribution in [3.63, 3.8) is 0 Å². The highest BCUT2D eigenvalue weighted by molar-refractivity contribution is 7.15. The smallest absolute Gasteiger partial charge is 0.138 e. The van der Waals surface area contributed by atoms with Crippen molar-refractivity contribution >= 4 is 34.0 Å². The van der Waals surface area contributed by atoms with E-state index in [0.717, 1.165) is 35.1 Å². The van der Waals surface area contributed by atoms with Crippen molar-refractivity contribution < 1.29 is 14.6 Å². The van der Waals surface area contributed by atoms with Crippen molar-refractivity contribution in [1.29, 1.82) is 0 Å². The number of nitrogens with zero attached hydrogens (tertiary/aromatic N) is 2. The minimum Gasteiger partial charge on any atom is -0.392 e. The molecule has 148 valence electrons. The van der Waals surface area contributed by atoms with Gasteiger partial charge in [0.1, 0.15) is 22.1 Å². The van der Waals surface area contributed by atoms with Gasteiger partial charge in [0.2, 0.25) is 0 Å². The zero-order valence-electron chi connectivity index (χ0n) is 15.2. The van der Waals surface area contributed by atoms with Gasteiger partial charge in [-0.2, -0.15) is 0 Å². The molecule has 0 amide bonds. The van der Waals surface area contributed by atoms with Crippen LogP contribution in [0, 0.1) is 5.82 Å². The van der Waals surface area contributed by atoms with Gasteiger partial charge in [-0.3, -0.25) is 0 Å². The van der Waals surface area contributed by atoms with Gasteiger partial charge in [0.25, 0.3) is 0 Å². The number of aromatic amines is 1. The highest BCUT2D eigenvalue weighted by Gasteiger charge is 2.39. The Bertz CT molecular complexity index is 1230. The Kier molecular flexibility index (Phi) is 4.43. The molecule has 0 radical (unpaired) electrons. The second-order valence-corrected chi connectivity index (χ2v) is 8.74. The van der Waals surface area contributed by atoms with Gasteiger partial charge in [-0.15, -0.1) is 11.3 Å². The Balaban J connectivity index is 1.61. The molecule has 5 rings (SSSR count). The number of rotatable bonds is 4. The lowest BCUT2D eigenvalue weighted by molar-refractivity contribution is -0.0389. The monoisotopic (exact) mass is 429 g/mol. The molecule has 1 saturated carbocycles. The fraction of sp³-hybridized carbons (Fsp3) is 0.238. The summed E-state index contributed by atoms with van der Waals surface area (Å²) in [6.45, 7) is -0.347. The Morgan fingerprint density at radius 1 is 1.21 bits per heavy atom. The molecule has 3 N–H and O–H groups in total. The van der Waals surface area contributed by atoms with Crippen LogP contribution in [-0.2, 0) is 12.2 Å². The summed E-state index contributed by atoms with van der Waals surface area (Å²) in [6.07, 6.45) is 5.76. The zero-order valence-corrected chi connectivity index (χ0v) is 16.8. The fourth-order valence-corrected chi connectivity index (χ4v) is 5.07. The maximum Gasteiger partial charge on any atom is 0.138 e. The van der Waals surface area contributed by atoms with Gasteiger partial charge in [-0.05, 0) is 31.4 Å². The average molecular weight is 430 g/mol. The number of fused-ring (bicyclic) bond motifs is 1. The van der Waals surface area contributed by atoms with Crippen molar-refractivity contribution in [2.45, 2.75) is 31.5 Å². The predicted molar refractivity (Wildman–Crippen MR) is 111 cm³/mol. The van der Waals surface area contributed by atoms with Crippen LogP contribution in [0.4, 0.5) is 4.39 Å². The highest BCUT2D eigenvalue weighted by atomic mass is 35.5. The number of H-pyrrole nitrogens is 1. The van der Waals surface area contributed by atoms with Gasteiger partial charge in [0.05, 0.1) is 16.5 Å². The molecule has 0 atom stereocenters. The Labute approximate surface area is 174 Å². The Morgan fingerprint density at radius 2 is 2.03 bits per heavy atom. The molecule has 0 saturated heterocycles. The standard InChI is InChI=1S/C21H17ClFN3O2S/c22-14-8-24-19-13(7-16(26-19)11-2-3-12(10-27)15(23)6-11)18(14)17-9-25-20(29-17)21(28)4-1-5-21/h2-3,6-9,27-28H,1,4-5,10H2,(H,24,26). The SMILES string of the molecule is OCc1ccc(-c2cc3c(-c4cnc(C5(O)CCC5)s4)c(Cl)cnc3[nH]2)cc1F. The predicted octanol–water partition coefficient (Wildman–Crippen LogP) is 5.01. The van der Waals surface area contributed by atoms with E-state index in [9.17, 15) is 14.6 Å². The van der Waals surface area contributed by atoms with Gasteiger partial charge in [0.15, 0.2) is 0 Å². The van der Waals surface area contributed by atoms with E-state index in [1.807, 2.05) is 6.07 Å². The summed E-state index contributed by atoms with van der Waals surface area (Å²) in [5.74, 6) is -0.462. The van der Waals surface area contributed by atoms with Crippen molar-refractivity contribution in [3.05, 3.63) is 58.1 Å². The molecule has 1 fully saturated rings. The van der Waals surface area contributed by atoms with E-state index in [4.69, 9.17) is 11.6 Å². The van der Waals surface area contributed by atoms with Gasteiger partial charge < -0.3 is 15.2 Å². The van der Waals surface area contributed by atoms with Crippen molar-refractivity contribution in [1.82, 2.24) is 15.0 Å². The number of aliphatic hydroxyl groups excluding tert-OH is 1. The second-order valence-electron chi connectivity index (χ2n) is 7.31. The van der Waals surface area contributed by atoms with Crippen LogP contribution in [0.25, 0.3) is 32.7 Å². The number of hydrogen-bond acceptors (Lipinski definition) is 5. The molecule has 0 aliphatic heterocycles. The van der Waals surface area contributed by atoms with E-state index in [1.54, 1.807) is 24.5 Å². The summed E-state index contributed by atoms with van der Waals surface area (Å²) in [4.78, 5) is 12.9. The van der Waals surface area contributed by atoms with E-state index < -0.39 is 11.4 Å². The van der Waals surface area contributed by atoms with E-state index in [0.29, 0.717) is 26.9 Å². The first-order chi connectivity index (χ1) is 14.0. The van der Waals surface area contributed by atoms with Gasteiger partial charge in [-0.25, -0.2) is 14.4 Å². The summed E-state index contributed by atoms with van der Waals surface area (Å²) < 4.78 is 14.1. The zero-order chi connectivity index (χ0) is 20.2. The normalized spacial score (nSPS) is 15.6. The number of pyridine rings is 1. The summed E-state index contributed by atoms with van der Waals surface area (Å²) >= 11 is 7.92. The first-order valence-corrected chi connectivity index (χ1v) is 10.4. The Morgan fingerprint density at radius 3 is 2.72 bits per heavy atom. The summed E-state index contributed by atoms with van der Waals surface area (Å²) in [5.41, 5.74) is 2.19. The summed E-state index contributed by atoms with van der Waals surface area (Å²) in [6, 6.07) is 6.58. The largest absolute Gasteiger partial charge is 0.392 e. The lowest BCUT2D eigenvalue weighted by Crippen LogP contribution is -2.33. The first kappa shape index (κ1) is 18.7. The fourth-order valence-electron chi connectivity index (χ4n) is 3.63. The topological polar surface area (TPSA) is 82.0 Å². The highest BCUT2D eigenvalue weighted by Crippen LogP contribution is 2.46. The molecule has 8 heteroatoms. The number of benzene rings is 1. The van der Waals surface area contributed by atoms with Gasteiger partial charge in [-0.1, -0.05) is 23.7 Å². The molecule has 29 heavy (non-hydrogen) atoms. The maximum atomic E-state index is 14.1. The molecule has 1 aliphatic carbocycles. The van der Waals surface area contributed by atoms with E-state index in [1.165, 1.54) is 17.4 Å². The van der Waals surface area contributed by atoms with Crippen LogP contribution in [0.1, 0.15) is 29.8 Å². The van der Waals surface area contributed by atoms with Crippen molar-refractivity contribution in [2.24, 2.45) is 0 Å². The Hall–Kier alpha value is -2.32. The molecule has 1 aromatic carbocycles. The molecule has 0 bridgehead atoms. The third-order valence-electron chi connectivity index (χ3n) is 5.48. The van der Waals surface area contributed by atoms with Crippen LogP contribution in [0.15, 0.2) is 36.7 Å². The number of aromatic nitrogens is 3. The lowest BCUT2D eigenvalue weighted by Gasteiger charge is -2.34. The van der Waals surface area contributed by atoms with E-state index in [2.05, 4.69) is 15.0 Å². The maximum absolute atomic E-state index is 14.1. The number of thiazole rings is 1. The molecular formula is C21H17ClFN3O2S. The van der Waals surface area contributed by atoms with E-state index >= 15 is 0 Å². The molecule has 3 heterocycles. The number of hydrogen-bond donors (Lipinski definition) is 3. The minimum atomic E-state index is -0.823. The summed E-state index contributed by atoms with van der Waals surface area (Å²) in [7, 11) is 0. The minimum absolute atomic E-state index is 0.248. The molecule has 5 nitrogen and oxygen atoms in total. The quantitative estimate of drug-likeness (QED) is 0.426. The summed E-state index contributed by atoms with van der Waals surface area (Å²) in [5, 5.41) is 21.8. The van der Waals surface area contributed by atoms with Crippen molar-refractivity contribution in [2.75, 3.05) is 0 Å². The van der Waals surface area contributed by atoms with Crippen LogP contribution in [0.3, 0.4) is 0 Å². The third-order valence-corrected chi connectivity index (χ3v) is 6.97. The number of nitrogens with one attached hydrogen (secondary N) is 1. The van der Waals surface area contributed by atoms with Crippen LogP contribution in [-0.4, -0.2) is 25.2 Å². The molecular weight excluding hydrogens is 413 g/mol. The van der Waals surface area contributed by atoms with E-state index in [-0.39, 0.29) is 12.2 Å². The first-order valence-electron chi connectivity index (χ1n) is 9.24. The lowest BCUT2D eigenvalue weighted by atomic mass is 9.81. The molecule has 3 aromatic heterocycles.